The first-order chi connectivity index (χ1) is 3.15. The Morgan fingerprint density at radius 1 is 1.43 bits per heavy atom. The topological polar surface area (TPSA) is 54.1 Å². The molecule has 1 N–H and O–H groups in total. The molecular weight excluding hydrogens is 253 g/mol. The van der Waals surface area contributed by atoms with Crippen LogP contribution in [0.4, 0.5) is 0 Å². The van der Waals surface area contributed by atoms with Crippen molar-refractivity contribution in [2.24, 2.45) is 0 Å². The van der Waals surface area contributed by atoms with E-state index in [4.69, 9.17) is 39.2 Å². The summed E-state index contributed by atoms with van der Waals surface area (Å²) in [6, 6.07) is 0. The van der Waals surface area contributed by atoms with Crippen LogP contribution in [0, 0.1) is 10.1 Å². The summed E-state index contributed by atoms with van der Waals surface area (Å²) < 4.78 is 0. The molecule has 0 amide bonds. The Labute approximate surface area is 57.5 Å². The predicted octanol–water partition coefficient (Wildman–Crippen LogP) is 0.397. The molecule has 0 aliphatic carbocycles. The van der Waals surface area contributed by atoms with Crippen molar-refractivity contribution < 1.29 is 18.3 Å². The monoisotopic (exact) mass is 254 g/mol. The fraction of sp³-hybridized carbons (Fsp3) is 0. The van der Waals surface area contributed by atoms with Gasteiger partial charge in [-0.05, 0) is 0 Å². The van der Waals surface area contributed by atoms with Crippen molar-refractivity contribution in [2.45, 2.75) is 0 Å². The molecule has 0 heterocycles. The molecule has 0 saturated heterocycles. The second-order valence-corrected chi connectivity index (χ2v) is 8.15. The summed E-state index contributed by atoms with van der Waals surface area (Å²) in [5.74, 6) is 0. The van der Waals surface area contributed by atoms with Crippen molar-refractivity contribution in [3.63, 3.8) is 0 Å². The quantitative estimate of drug-likeness (QED) is 0.386. The molecule has 47 valence electrons. The van der Waals surface area contributed by atoms with Gasteiger partial charge in [-0.25, -0.2) is 0 Å². The summed E-state index contributed by atoms with van der Waals surface area (Å²) in [4.78, 5) is 8.12. The predicted molar refractivity (Wildman–Crippen MR) is 25.3 cm³/mol. The van der Waals surface area contributed by atoms with Crippen LogP contribution in [0.2, 0.25) is 0 Å². The SMILES string of the molecule is O=[NH+][O-].[Cl][Ru]([Cl])[Cl]. The summed E-state index contributed by atoms with van der Waals surface area (Å²) in [6.07, 6.45) is 0. The van der Waals surface area contributed by atoms with E-state index >= 15 is 0 Å². The molecule has 0 bridgehead atoms. The molecule has 0 aliphatic rings. The third-order valence-electron chi connectivity index (χ3n) is 0. The van der Waals surface area contributed by atoms with Crippen LogP contribution >= 0.6 is 29.1 Å². The van der Waals surface area contributed by atoms with Gasteiger partial charge in [0.1, 0.15) is 0 Å². The molecule has 7 heteroatoms. The van der Waals surface area contributed by atoms with Crippen molar-refractivity contribution in [3.05, 3.63) is 10.1 Å². The summed E-state index contributed by atoms with van der Waals surface area (Å²) in [6.45, 7) is 0. The first kappa shape index (κ1) is 10.8. The van der Waals surface area contributed by atoms with Crippen molar-refractivity contribution in [1.82, 2.24) is 0 Å². The molecule has 0 aromatic heterocycles. The Kier molecular flexibility index (Phi) is 15.4. The van der Waals surface area contributed by atoms with Gasteiger partial charge in [0, 0.05) is 5.34 Å². The third-order valence-corrected chi connectivity index (χ3v) is 0. The van der Waals surface area contributed by atoms with Crippen LogP contribution in [0.5, 0.6) is 0 Å². The molecule has 0 aliphatic heterocycles. The van der Waals surface area contributed by atoms with Gasteiger partial charge in [0.05, 0.1) is 0 Å². The van der Waals surface area contributed by atoms with Gasteiger partial charge in [0.25, 0.3) is 0 Å². The number of hydrogen-bond donors (Lipinski definition) is 1. The van der Waals surface area contributed by atoms with Crippen LogP contribution < -0.4 is 5.34 Å². The minimum absolute atomic E-state index is 0.250. The van der Waals surface area contributed by atoms with Crippen LogP contribution in [0.15, 0.2) is 0 Å². The van der Waals surface area contributed by atoms with Crippen LogP contribution in [0.3, 0.4) is 0 Å². The van der Waals surface area contributed by atoms with E-state index in [-0.39, 0.29) is 5.34 Å². The zero-order valence-corrected chi connectivity index (χ0v) is 6.81. The van der Waals surface area contributed by atoms with E-state index in [1.807, 2.05) is 0 Å². The normalized spacial score (nSPS) is 8.14. The van der Waals surface area contributed by atoms with E-state index in [0.717, 1.165) is 0 Å². The van der Waals surface area contributed by atoms with Gasteiger partial charge in [0.2, 0.25) is 0 Å². The van der Waals surface area contributed by atoms with E-state index in [0.29, 0.717) is 0 Å². The van der Waals surface area contributed by atoms with Crippen LogP contribution in [0.1, 0.15) is 0 Å². The fourth-order valence-corrected chi connectivity index (χ4v) is 0. The van der Waals surface area contributed by atoms with Crippen LogP contribution in [0.25, 0.3) is 0 Å². The van der Waals surface area contributed by atoms with Crippen molar-refractivity contribution >= 4 is 29.1 Å². The van der Waals surface area contributed by atoms with Gasteiger partial charge in [-0.2, -0.15) is 0 Å². The summed E-state index contributed by atoms with van der Waals surface area (Å²) in [5, 5.41) is 8.38. The molecule has 0 aromatic rings. The first-order valence-corrected chi connectivity index (χ1v) is 7.52. The van der Waals surface area contributed by atoms with Crippen molar-refractivity contribution in [1.29, 1.82) is 0 Å². The molecule has 3 nitrogen and oxygen atoms in total. The molecule has 0 spiro atoms. The molecule has 0 radical (unpaired) electrons. The second kappa shape index (κ2) is 10.00. The van der Waals surface area contributed by atoms with E-state index in [1.165, 1.54) is 0 Å². The number of halogens is 3. The zero-order chi connectivity index (χ0) is 6.28. The second-order valence-electron chi connectivity index (χ2n) is 0.235. The van der Waals surface area contributed by atoms with Crippen molar-refractivity contribution in [3.8, 4) is 0 Å². The Morgan fingerprint density at radius 3 is 1.43 bits per heavy atom. The van der Waals surface area contributed by atoms with Crippen molar-refractivity contribution in [2.75, 3.05) is 0 Å². The molecule has 0 saturated carbocycles. The fourth-order valence-electron chi connectivity index (χ4n) is 0. The van der Waals surface area contributed by atoms with Gasteiger partial charge in [-0.1, -0.05) is 0 Å². The summed E-state index contributed by atoms with van der Waals surface area (Å²) in [7, 11) is 14.8. The maximum absolute atomic E-state index is 8.12. The number of rotatable bonds is 0. The molecule has 0 rings (SSSR count). The standard InChI is InChI=1S/3ClH.HNO2.Ru/c;;;2-1-3;/h3*1H;1H;/q;;;;+3/p-3. The number of hydrogen-bond acceptors (Lipinski definition) is 2. The minimum atomic E-state index is -1.75. The van der Waals surface area contributed by atoms with E-state index in [2.05, 4.69) is 0 Å². The molecule has 7 heavy (non-hydrogen) atoms. The summed E-state index contributed by atoms with van der Waals surface area (Å²) >= 11 is -1.75. The van der Waals surface area contributed by atoms with Gasteiger partial charge in [0.15, 0.2) is 0 Å². The molecule has 0 atom stereocenters. The van der Waals surface area contributed by atoms with Gasteiger partial charge in [-0.3, -0.25) is 10.1 Å². The first-order valence-electron chi connectivity index (χ1n) is 0.809. The molecule has 0 unspecified atom stereocenters. The van der Waals surface area contributed by atoms with E-state index in [1.54, 1.807) is 0 Å². The Balaban J connectivity index is 0. The van der Waals surface area contributed by atoms with Gasteiger partial charge in [-0.15, -0.1) is 0 Å². The average molecular weight is 254 g/mol. The number of nitrogens with one attached hydrogen (secondary N) is 1. The van der Waals surface area contributed by atoms with Crippen LogP contribution in [-0.2, 0) is 13.0 Å². The molecular formula is HCl3NO2Ru. The Hall–Kier alpha value is 0.893. The van der Waals surface area contributed by atoms with Gasteiger partial charge >= 0.3 is 42.1 Å². The Morgan fingerprint density at radius 2 is 1.43 bits per heavy atom. The zero-order valence-electron chi connectivity index (χ0n) is 2.80. The maximum atomic E-state index is 8.12. The summed E-state index contributed by atoms with van der Waals surface area (Å²) in [5.41, 5.74) is 0. The molecule has 0 aromatic carbocycles. The molecule has 0 fully saturated rings. The van der Waals surface area contributed by atoms with E-state index < -0.39 is 13.0 Å². The van der Waals surface area contributed by atoms with Crippen LogP contribution in [-0.4, -0.2) is 0 Å². The average Bonchev–Trinajstić information content (AvgIpc) is 1.33. The van der Waals surface area contributed by atoms with Gasteiger partial charge < -0.3 is 0 Å². The Bertz CT molecular complexity index is 37.2. The third kappa shape index (κ3) is 207. The van der Waals surface area contributed by atoms with E-state index in [9.17, 15) is 0 Å².